The van der Waals surface area contributed by atoms with Crippen LogP contribution < -0.4 is 19.5 Å². The Kier molecular flexibility index (Phi) is 6.59. The van der Waals surface area contributed by atoms with E-state index in [0.29, 0.717) is 36.6 Å². The first-order chi connectivity index (χ1) is 13.9. The van der Waals surface area contributed by atoms with Gasteiger partial charge in [-0.2, -0.15) is 0 Å². The van der Waals surface area contributed by atoms with Crippen molar-refractivity contribution in [3.8, 4) is 17.2 Å². The molecule has 0 saturated carbocycles. The maximum Gasteiger partial charge on any atom is 0.338 e. The number of fused-ring (bicyclic) bond motifs is 1. The molecule has 1 aliphatic rings. The second-order valence-electron chi connectivity index (χ2n) is 6.90. The monoisotopic (exact) mass is 399 g/mol. The van der Waals surface area contributed by atoms with E-state index in [9.17, 15) is 9.59 Å². The van der Waals surface area contributed by atoms with Gasteiger partial charge in [-0.3, -0.25) is 4.79 Å². The van der Waals surface area contributed by atoms with Gasteiger partial charge in [0.25, 0.3) is 5.91 Å². The molecule has 0 aliphatic carbocycles. The molecule has 29 heavy (non-hydrogen) atoms. The average molecular weight is 399 g/mol. The quantitative estimate of drug-likeness (QED) is 0.543. The van der Waals surface area contributed by atoms with Crippen LogP contribution in [-0.4, -0.2) is 38.4 Å². The smallest absolute Gasteiger partial charge is 0.338 e. The van der Waals surface area contributed by atoms with Crippen LogP contribution in [0.15, 0.2) is 30.3 Å². The summed E-state index contributed by atoms with van der Waals surface area (Å²) in [6.45, 7) is 6.82. The molecule has 1 aliphatic heterocycles. The molecule has 0 aromatic heterocycles. The van der Waals surface area contributed by atoms with Crippen LogP contribution >= 0.6 is 0 Å². The maximum absolute atomic E-state index is 12.1. The zero-order chi connectivity index (χ0) is 20.8. The van der Waals surface area contributed by atoms with Gasteiger partial charge in [-0.25, -0.2) is 4.79 Å². The lowest BCUT2D eigenvalue weighted by Gasteiger charge is -2.12. The topological polar surface area (TPSA) is 83.1 Å². The summed E-state index contributed by atoms with van der Waals surface area (Å²) in [5.74, 6) is 0.987. The van der Waals surface area contributed by atoms with Gasteiger partial charge in [0.1, 0.15) is 5.75 Å². The Morgan fingerprint density at radius 1 is 1.07 bits per heavy atom. The molecule has 7 heteroatoms. The summed E-state index contributed by atoms with van der Waals surface area (Å²) >= 11 is 0. The summed E-state index contributed by atoms with van der Waals surface area (Å²) in [6, 6.07) is 8.87. The van der Waals surface area contributed by atoms with Gasteiger partial charge in [-0.15, -0.1) is 0 Å². The van der Waals surface area contributed by atoms with Gasteiger partial charge in [0.2, 0.25) is 6.79 Å². The van der Waals surface area contributed by atoms with Gasteiger partial charge in [-0.1, -0.05) is 6.07 Å². The number of rotatable bonds is 8. The van der Waals surface area contributed by atoms with Crippen LogP contribution in [0.5, 0.6) is 17.2 Å². The van der Waals surface area contributed by atoms with E-state index in [1.165, 1.54) is 11.6 Å². The number of benzene rings is 2. The van der Waals surface area contributed by atoms with Crippen molar-refractivity contribution >= 4 is 11.9 Å². The number of hydrogen-bond donors (Lipinski definition) is 1. The Balaban J connectivity index is 1.35. The molecular formula is C22H25NO6. The molecule has 154 valence electrons. The van der Waals surface area contributed by atoms with Crippen LogP contribution in [-0.2, 0) is 9.53 Å². The van der Waals surface area contributed by atoms with Crippen molar-refractivity contribution in [1.29, 1.82) is 0 Å². The van der Waals surface area contributed by atoms with Gasteiger partial charge in [0.15, 0.2) is 18.1 Å². The minimum atomic E-state index is -0.591. The van der Waals surface area contributed by atoms with E-state index in [2.05, 4.69) is 18.3 Å². The Morgan fingerprint density at radius 3 is 2.69 bits per heavy atom. The van der Waals surface area contributed by atoms with Gasteiger partial charge in [-0.05, 0) is 68.1 Å². The van der Waals surface area contributed by atoms with Crippen LogP contribution in [0.3, 0.4) is 0 Å². The number of amides is 1. The number of esters is 1. The summed E-state index contributed by atoms with van der Waals surface area (Å²) in [7, 11) is 0. The molecule has 0 spiro atoms. The minimum absolute atomic E-state index is 0.128. The van der Waals surface area contributed by atoms with Gasteiger partial charge in [0, 0.05) is 6.54 Å². The van der Waals surface area contributed by atoms with E-state index in [1.54, 1.807) is 12.1 Å². The summed E-state index contributed by atoms with van der Waals surface area (Å²) in [4.78, 5) is 23.9. The van der Waals surface area contributed by atoms with Crippen molar-refractivity contribution in [3.63, 3.8) is 0 Å². The van der Waals surface area contributed by atoms with E-state index < -0.39 is 5.97 Å². The van der Waals surface area contributed by atoms with Crippen molar-refractivity contribution in [3.05, 3.63) is 52.6 Å². The highest BCUT2D eigenvalue weighted by Crippen LogP contribution is 2.32. The second kappa shape index (κ2) is 9.32. The maximum atomic E-state index is 12.1. The predicted molar refractivity (Wildman–Crippen MR) is 107 cm³/mol. The highest BCUT2D eigenvalue weighted by molar-refractivity contribution is 5.92. The number of hydrogen-bond acceptors (Lipinski definition) is 6. The second-order valence-corrected chi connectivity index (χ2v) is 6.90. The van der Waals surface area contributed by atoms with Crippen LogP contribution in [0.25, 0.3) is 0 Å². The number of aryl methyl sites for hydroxylation is 2. The largest absolute Gasteiger partial charge is 0.493 e. The van der Waals surface area contributed by atoms with E-state index in [4.69, 9.17) is 18.9 Å². The standard InChI is InChI=1S/C22H25NO6/c1-14-9-15(2)16(3)19(10-14)26-8-4-7-23-21(24)12-27-22(25)17-5-6-18-20(11-17)29-13-28-18/h5-6,9-11H,4,7-8,12-13H2,1-3H3,(H,23,24). The third-order valence-corrected chi connectivity index (χ3v) is 4.61. The van der Waals surface area contributed by atoms with Gasteiger partial charge < -0.3 is 24.3 Å². The lowest BCUT2D eigenvalue weighted by atomic mass is 10.1. The molecule has 0 saturated heterocycles. The van der Waals surface area contributed by atoms with E-state index >= 15 is 0 Å². The third kappa shape index (κ3) is 5.40. The molecule has 2 aromatic carbocycles. The Hall–Kier alpha value is -3.22. The fourth-order valence-electron chi connectivity index (χ4n) is 2.92. The lowest BCUT2D eigenvalue weighted by molar-refractivity contribution is -0.124. The summed E-state index contributed by atoms with van der Waals surface area (Å²) in [5.41, 5.74) is 3.77. The van der Waals surface area contributed by atoms with E-state index in [0.717, 1.165) is 16.9 Å². The van der Waals surface area contributed by atoms with Crippen molar-refractivity contribution in [1.82, 2.24) is 5.32 Å². The first kappa shape index (κ1) is 20.5. The SMILES string of the molecule is Cc1cc(C)c(C)c(OCCCNC(=O)COC(=O)c2ccc3c(c2)OCO3)c1. The molecule has 0 radical (unpaired) electrons. The molecule has 1 amide bonds. The molecule has 0 bridgehead atoms. The molecule has 2 aromatic rings. The van der Waals surface area contributed by atoms with E-state index in [1.807, 2.05) is 19.9 Å². The van der Waals surface area contributed by atoms with Crippen LogP contribution in [0.1, 0.15) is 33.5 Å². The molecule has 0 fully saturated rings. The highest BCUT2D eigenvalue weighted by Gasteiger charge is 2.17. The van der Waals surface area contributed by atoms with E-state index in [-0.39, 0.29) is 19.3 Å². The number of nitrogens with one attached hydrogen (secondary N) is 1. The highest BCUT2D eigenvalue weighted by atomic mass is 16.7. The Bertz CT molecular complexity index is 908. The first-order valence-electron chi connectivity index (χ1n) is 9.48. The van der Waals surface area contributed by atoms with Crippen LogP contribution in [0.2, 0.25) is 0 Å². The zero-order valence-corrected chi connectivity index (χ0v) is 16.9. The Morgan fingerprint density at radius 2 is 1.86 bits per heavy atom. The fourth-order valence-corrected chi connectivity index (χ4v) is 2.92. The normalized spacial score (nSPS) is 11.8. The number of ether oxygens (including phenoxy) is 4. The average Bonchev–Trinajstić information content (AvgIpc) is 3.17. The number of carbonyl (C=O) groups excluding carboxylic acids is 2. The molecule has 1 N–H and O–H groups in total. The van der Waals surface area contributed by atoms with Gasteiger partial charge in [0.05, 0.1) is 12.2 Å². The summed E-state index contributed by atoms with van der Waals surface area (Å²) in [6.07, 6.45) is 0.647. The zero-order valence-electron chi connectivity index (χ0n) is 16.9. The minimum Gasteiger partial charge on any atom is -0.493 e. The molecule has 0 atom stereocenters. The molecule has 3 rings (SSSR count). The van der Waals surface area contributed by atoms with Crippen molar-refractivity contribution in [2.75, 3.05) is 26.6 Å². The number of carbonyl (C=O) groups is 2. The van der Waals surface area contributed by atoms with Gasteiger partial charge >= 0.3 is 5.97 Å². The summed E-state index contributed by atoms with van der Waals surface area (Å²) in [5, 5.41) is 2.71. The van der Waals surface area contributed by atoms with Crippen molar-refractivity contribution in [2.45, 2.75) is 27.2 Å². The van der Waals surface area contributed by atoms with Crippen molar-refractivity contribution in [2.24, 2.45) is 0 Å². The van der Waals surface area contributed by atoms with Crippen LogP contribution in [0.4, 0.5) is 0 Å². The third-order valence-electron chi connectivity index (χ3n) is 4.61. The molecular weight excluding hydrogens is 374 g/mol. The predicted octanol–water partition coefficient (Wildman–Crippen LogP) is 3.08. The first-order valence-corrected chi connectivity index (χ1v) is 9.48. The van der Waals surface area contributed by atoms with Crippen LogP contribution in [0, 0.1) is 20.8 Å². The van der Waals surface area contributed by atoms with Crippen molar-refractivity contribution < 1.29 is 28.5 Å². The summed E-state index contributed by atoms with van der Waals surface area (Å²) < 4.78 is 21.3. The lowest BCUT2D eigenvalue weighted by Crippen LogP contribution is -2.30. The molecule has 0 unspecified atom stereocenters. The Labute approximate surface area is 169 Å². The fraction of sp³-hybridized carbons (Fsp3) is 0.364. The molecule has 7 nitrogen and oxygen atoms in total. The molecule has 1 heterocycles.